The second kappa shape index (κ2) is 3.79. The molecule has 0 aliphatic carbocycles. The van der Waals surface area contributed by atoms with E-state index in [-0.39, 0.29) is 5.56 Å². The summed E-state index contributed by atoms with van der Waals surface area (Å²) < 4.78 is 24.9. The Kier molecular flexibility index (Phi) is 2.72. The molecule has 1 aromatic rings. The molecule has 0 aromatic carbocycles. The van der Waals surface area contributed by atoms with Crippen molar-refractivity contribution < 1.29 is 13.6 Å². The summed E-state index contributed by atoms with van der Waals surface area (Å²) in [7, 11) is 0. The van der Waals surface area contributed by atoms with E-state index in [1.807, 2.05) is 0 Å². The zero-order valence-corrected chi connectivity index (χ0v) is 6.87. The number of alkyl halides is 2. The Morgan fingerprint density at radius 1 is 1.64 bits per heavy atom. The lowest BCUT2D eigenvalue weighted by Crippen LogP contribution is -2.15. The van der Waals surface area contributed by atoms with E-state index in [4.69, 9.17) is 11.0 Å². The molecule has 0 atom stereocenters. The molecular formula is C8H5F2N3O. The third-order valence-electron chi connectivity index (χ3n) is 1.58. The fourth-order valence-electron chi connectivity index (χ4n) is 0.998. The number of nitrogens with two attached hydrogens (primary N) is 1. The minimum atomic E-state index is -2.94. The number of halogens is 2. The summed E-state index contributed by atoms with van der Waals surface area (Å²) in [6, 6.07) is 2.53. The smallest absolute Gasteiger partial charge is 0.267 e. The SMILES string of the molecule is N#Cc1nccc(C(N)=O)c1C(F)F. The first-order valence-corrected chi connectivity index (χ1v) is 3.55. The van der Waals surface area contributed by atoms with Gasteiger partial charge in [0.1, 0.15) is 11.8 Å². The molecule has 72 valence electrons. The molecule has 0 fully saturated rings. The van der Waals surface area contributed by atoms with Gasteiger partial charge in [-0.3, -0.25) is 4.79 Å². The van der Waals surface area contributed by atoms with Crippen molar-refractivity contribution in [3.05, 3.63) is 29.1 Å². The maximum Gasteiger partial charge on any atom is 0.267 e. The Labute approximate surface area is 78.0 Å². The van der Waals surface area contributed by atoms with Gasteiger partial charge >= 0.3 is 0 Å². The van der Waals surface area contributed by atoms with Crippen LogP contribution < -0.4 is 5.73 Å². The average molecular weight is 197 g/mol. The molecule has 4 nitrogen and oxygen atoms in total. The van der Waals surface area contributed by atoms with Crippen molar-refractivity contribution in [3.8, 4) is 6.07 Å². The first-order chi connectivity index (χ1) is 6.57. The molecule has 0 bridgehead atoms. The quantitative estimate of drug-likeness (QED) is 0.767. The third-order valence-corrected chi connectivity index (χ3v) is 1.58. The van der Waals surface area contributed by atoms with Crippen LogP contribution in [0.3, 0.4) is 0 Å². The number of hydrogen-bond donors (Lipinski definition) is 1. The first kappa shape index (κ1) is 10.1. The monoisotopic (exact) mass is 197 g/mol. The number of primary amides is 1. The Balaban J connectivity index is 3.45. The molecule has 0 unspecified atom stereocenters. The minimum absolute atomic E-state index is 0.369. The Hall–Kier alpha value is -2.03. The molecule has 0 radical (unpaired) electrons. The number of aromatic nitrogens is 1. The van der Waals surface area contributed by atoms with Gasteiger partial charge in [-0.25, -0.2) is 13.8 Å². The number of amides is 1. The van der Waals surface area contributed by atoms with Gasteiger partial charge in [0.05, 0.1) is 11.1 Å². The van der Waals surface area contributed by atoms with Crippen LogP contribution in [0.15, 0.2) is 12.3 Å². The normalized spacial score (nSPS) is 9.86. The van der Waals surface area contributed by atoms with E-state index in [1.54, 1.807) is 0 Å². The summed E-state index contributed by atoms with van der Waals surface area (Å²) in [5.41, 5.74) is 3.32. The standard InChI is InChI=1S/C8H5F2N3O/c9-7(10)6-4(8(12)14)1-2-13-5(6)3-11/h1-2,7H,(H2,12,14). The van der Waals surface area contributed by atoms with E-state index in [0.717, 1.165) is 12.3 Å². The minimum Gasteiger partial charge on any atom is -0.366 e. The van der Waals surface area contributed by atoms with Crippen molar-refractivity contribution >= 4 is 5.91 Å². The highest BCUT2D eigenvalue weighted by atomic mass is 19.3. The summed E-state index contributed by atoms with van der Waals surface area (Å²) >= 11 is 0. The second-order valence-electron chi connectivity index (χ2n) is 2.40. The predicted molar refractivity (Wildman–Crippen MR) is 42.4 cm³/mol. The van der Waals surface area contributed by atoms with E-state index in [1.165, 1.54) is 6.07 Å². The molecule has 2 N–H and O–H groups in total. The summed E-state index contributed by atoms with van der Waals surface area (Å²) in [5.74, 6) is -1.00. The number of carbonyl (C=O) groups is 1. The number of nitrogens with zero attached hydrogens (tertiary/aromatic N) is 2. The fourth-order valence-corrected chi connectivity index (χ4v) is 0.998. The molecule has 1 rings (SSSR count). The summed E-state index contributed by atoms with van der Waals surface area (Å²) in [6.07, 6.45) is -1.86. The number of rotatable bonds is 2. The van der Waals surface area contributed by atoms with Crippen LogP contribution in [-0.4, -0.2) is 10.9 Å². The Morgan fingerprint density at radius 2 is 2.29 bits per heavy atom. The largest absolute Gasteiger partial charge is 0.366 e. The molecule has 0 aliphatic rings. The van der Waals surface area contributed by atoms with Gasteiger partial charge in [-0.2, -0.15) is 5.26 Å². The van der Waals surface area contributed by atoms with Gasteiger partial charge in [-0.05, 0) is 6.07 Å². The molecule has 1 amide bonds. The number of hydrogen-bond acceptors (Lipinski definition) is 3. The summed E-state index contributed by atoms with van der Waals surface area (Å²) in [4.78, 5) is 14.2. The molecule has 0 spiro atoms. The molecule has 14 heavy (non-hydrogen) atoms. The van der Waals surface area contributed by atoms with E-state index in [9.17, 15) is 13.6 Å². The lowest BCUT2D eigenvalue weighted by Gasteiger charge is -2.05. The molecule has 0 aliphatic heterocycles. The van der Waals surface area contributed by atoms with Crippen molar-refractivity contribution in [2.75, 3.05) is 0 Å². The van der Waals surface area contributed by atoms with Crippen LogP contribution in [-0.2, 0) is 0 Å². The van der Waals surface area contributed by atoms with Crippen molar-refractivity contribution in [2.24, 2.45) is 5.73 Å². The average Bonchev–Trinajstić information content (AvgIpc) is 2.16. The van der Waals surface area contributed by atoms with Gasteiger partial charge in [0.15, 0.2) is 0 Å². The molecule has 1 heterocycles. The highest BCUT2D eigenvalue weighted by Gasteiger charge is 2.21. The van der Waals surface area contributed by atoms with E-state index in [0.29, 0.717) is 0 Å². The number of nitriles is 1. The molecule has 6 heteroatoms. The van der Waals surface area contributed by atoms with E-state index < -0.39 is 23.6 Å². The van der Waals surface area contributed by atoms with E-state index >= 15 is 0 Å². The number of carbonyl (C=O) groups excluding carboxylic acids is 1. The highest BCUT2D eigenvalue weighted by Crippen LogP contribution is 2.24. The van der Waals surface area contributed by atoms with Gasteiger partial charge in [-0.15, -0.1) is 0 Å². The van der Waals surface area contributed by atoms with Gasteiger partial charge in [-0.1, -0.05) is 0 Å². The van der Waals surface area contributed by atoms with Gasteiger partial charge in [0, 0.05) is 6.20 Å². The zero-order chi connectivity index (χ0) is 10.7. The van der Waals surface area contributed by atoms with Crippen LogP contribution in [0.1, 0.15) is 28.0 Å². The van der Waals surface area contributed by atoms with Crippen molar-refractivity contribution in [1.29, 1.82) is 5.26 Å². The van der Waals surface area contributed by atoms with E-state index in [2.05, 4.69) is 4.98 Å². The van der Waals surface area contributed by atoms with Gasteiger partial charge in [0.2, 0.25) is 5.91 Å². The zero-order valence-electron chi connectivity index (χ0n) is 6.87. The van der Waals surface area contributed by atoms with Crippen molar-refractivity contribution in [3.63, 3.8) is 0 Å². The maximum atomic E-state index is 12.4. The van der Waals surface area contributed by atoms with Crippen LogP contribution in [0.4, 0.5) is 8.78 Å². The molecule has 1 aromatic heterocycles. The highest BCUT2D eigenvalue weighted by molar-refractivity contribution is 5.94. The lowest BCUT2D eigenvalue weighted by atomic mass is 10.1. The third kappa shape index (κ3) is 1.66. The van der Waals surface area contributed by atoms with Crippen LogP contribution >= 0.6 is 0 Å². The van der Waals surface area contributed by atoms with Crippen LogP contribution in [0.25, 0.3) is 0 Å². The Morgan fingerprint density at radius 3 is 2.71 bits per heavy atom. The van der Waals surface area contributed by atoms with Crippen LogP contribution in [0.5, 0.6) is 0 Å². The molecule has 0 saturated carbocycles. The summed E-state index contributed by atoms with van der Waals surface area (Å²) in [5, 5.41) is 8.48. The summed E-state index contributed by atoms with van der Waals surface area (Å²) in [6.45, 7) is 0. The molecule has 0 saturated heterocycles. The van der Waals surface area contributed by atoms with Crippen molar-refractivity contribution in [1.82, 2.24) is 4.98 Å². The maximum absolute atomic E-state index is 12.4. The molecular weight excluding hydrogens is 192 g/mol. The van der Waals surface area contributed by atoms with Crippen molar-refractivity contribution in [2.45, 2.75) is 6.43 Å². The van der Waals surface area contributed by atoms with Crippen LogP contribution in [0, 0.1) is 11.3 Å². The Bertz CT molecular complexity index is 412. The van der Waals surface area contributed by atoms with Gasteiger partial charge < -0.3 is 5.73 Å². The van der Waals surface area contributed by atoms with Crippen LogP contribution in [0.2, 0.25) is 0 Å². The second-order valence-corrected chi connectivity index (χ2v) is 2.40. The predicted octanol–water partition coefficient (Wildman–Crippen LogP) is 0.990. The number of pyridine rings is 1. The fraction of sp³-hybridized carbons (Fsp3) is 0.125. The lowest BCUT2D eigenvalue weighted by molar-refractivity contribution is 0.0985. The first-order valence-electron chi connectivity index (χ1n) is 3.55. The topological polar surface area (TPSA) is 79.8 Å². The van der Waals surface area contributed by atoms with Gasteiger partial charge in [0.25, 0.3) is 6.43 Å².